The Hall–Kier alpha value is -2.33. The van der Waals surface area contributed by atoms with E-state index >= 15 is 0 Å². The summed E-state index contributed by atoms with van der Waals surface area (Å²) in [6.45, 7) is 2.04. The Morgan fingerprint density at radius 3 is 2.43 bits per heavy atom. The second-order valence-electron chi connectivity index (χ2n) is 5.17. The molecule has 120 valence electrons. The zero-order valence-corrected chi connectivity index (χ0v) is 13.7. The summed E-state index contributed by atoms with van der Waals surface area (Å²) in [7, 11) is 0. The fourth-order valence-corrected chi connectivity index (χ4v) is 2.27. The molecule has 2 aromatic rings. The van der Waals surface area contributed by atoms with Gasteiger partial charge in [0.2, 0.25) is 5.91 Å². The molecule has 2 N–H and O–H groups in total. The van der Waals surface area contributed by atoms with Gasteiger partial charge in [0.05, 0.1) is 10.7 Å². The lowest BCUT2D eigenvalue weighted by Gasteiger charge is -2.10. The molecule has 23 heavy (non-hydrogen) atoms. The number of nitrogens with one attached hydrogen (secondary N) is 2. The molecular formula is C18H19ClN2O2. The first-order valence-corrected chi connectivity index (χ1v) is 7.93. The number of carbonyl (C=O) groups excluding carboxylic acids is 2. The van der Waals surface area contributed by atoms with Crippen molar-refractivity contribution < 1.29 is 9.59 Å². The van der Waals surface area contributed by atoms with Gasteiger partial charge in [0.25, 0.3) is 5.91 Å². The van der Waals surface area contributed by atoms with Gasteiger partial charge in [-0.2, -0.15) is 0 Å². The first-order chi connectivity index (χ1) is 11.1. The Labute approximate surface area is 140 Å². The number of benzene rings is 2. The Balaban J connectivity index is 2.02. The van der Waals surface area contributed by atoms with Crippen LogP contribution in [0.1, 0.15) is 36.5 Å². The van der Waals surface area contributed by atoms with Crippen LogP contribution in [0.2, 0.25) is 5.02 Å². The van der Waals surface area contributed by atoms with Crippen molar-refractivity contribution in [2.75, 3.05) is 10.6 Å². The highest BCUT2D eigenvalue weighted by molar-refractivity contribution is 6.34. The maximum atomic E-state index is 12.1. The molecule has 0 saturated carbocycles. The van der Waals surface area contributed by atoms with Crippen molar-refractivity contribution in [3.63, 3.8) is 0 Å². The number of unbranched alkanes of at least 4 members (excludes halogenated alkanes) is 1. The van der Waals surface area contributed by atoms with Gasteiger partial charge >= 0.3 is 0 Å². The molecule has 2 aromatic carbocycles. The molecule has 0 radical (unpaired) electrons. The van der Waals surface area contributed by atoms with Crippen molar-refractivity contribution in [3.05, 3.63) is 59.1 Å². The molecule has 2 rings (SSSR count). The maximum absolute atomic E-state index is 12.1. The third kappa shape index (κ3) is 5.11. The van der Waals surface area contributed by atoms with Crippen molar-refractivity contribution >= 4 is 34.8 Å². The monoisotopic (exact) mass is 330 g/mol. The van der Waals surface area contributed by atoms with E-state index in [0.29, 0.717) is 28.4 Å². The first-order valence-electron chi connectivity index (χ1n) is 7.56. The van der Waals surface area contributed by atoms with E-state index in [2.05, 4.69) is 10.6 Å². The molecule has 0 unspecified atom stereocenters. The summed E-state index contributed by atoms with van der Waals surface area (Å²) < 4.78 is 0. The van der Waals surface area contributed by atoms with Gasteiger partial charge in [0.1, 0.15) is 0 Å². The SMILES string of the molecule is CCCCC(=O)Nc1ccc(NC(=O)c2ccccc2)c(Cl)c1. The normalized spacial score (nSPS) is 10.2. The van der Waals surface area contributed by atoms with Crippen LogP contribution in [0.25, 0.3) is 0 Å². The van der Waals surface area contributed by atoms with Gasteiger partial charge in [-0.05, 0) is 36.8 Å². The lowest BCUT2D eigenvalue weighted by atomic mass is 10.2. The molecule has 0 atom stereocenters. The van der Waals surface area contributed by atoms with Crippen molar-refractivity contribution in [2.45, 2.75) is 26.2 Å². The fraction of sp³-hybridized carbons (Fsp3) is 0.222. The molecule has 0 aliphatic carbocycles. The third-order valence-electron chi connectivity index (χ3n) is 3.29. The predicted molar refractivity (Wildman–Crippen MR) is 94.0 cm³/mol. The van der Waals surface area contributed by atoms with E-state index in [4.69, 9.17) is 11.6 Å². The van der Waals surface area contributed by atoms with E-state index in [0.717, 1.165) is 12.8 Å². The van der Waals surface area contributed by atoms with Gasteiger partial charge in [-0.3, -0.25) is 9.59 Å². The Bertz CT molecular complexity index is 687. The number of halogens is 1. The van der Waals surface area contributed by atoms with Crippen LogP contribution in [0.3, 0.4) is 0 Å². The summed E-state index contributed by atoms with van der Waals surface area (Å²) in [5.41, 5.74) is 1.68. The van der Waals surface area contributed by atoms with Gasteiger partial charge in [0, 0.05) is 17.7 Å². The number of hydrogen-bond donors (Lipinski definition) is 2. The zero-order valence-electron chi connectivity index (χ0n) is 12.9. The molecule has 0 spiro atoms. The van der Waals surface area contributed by atoms with Crippen LogP contribution < -0.4 is 10.6 Å². The topological polar surface area (TPSA) is 58.2 Å². The van der Waals surface area contributed by atoms with E-state index in [1.165, 1.54) is 0 Å². The molecular weight excluding hydrogens is 312 g/mol. The minimum absolute atomic E-state index is 0.0380. The van der Waals surface area contributed by atoms with Gasteiger partial charge in [-0.25, -0.2) is 0 Å². The third-order valence-corrected chi connectivity index (χ3v) is 3.61. The number of hydrogen-bond acceptors (Lipinski definition) is 2. The summed E-state index contributed by atoms with van der Waals surface area (Å²) in [6, 6.07) is 13.9. The van der Waals surface area contributed by atoms with Crippen LogP contribution in [0, 0.1) is 0 Å². The maximum Gasteiger partial charge on any atom is 0.255 e. The van der Waals surface area contributed by atoms with Crippen LogP contribution >= 0.6 is 11.6 Å². The largest absolute Gasteiger partial charge is 0.326 e. The van der Waals surface area contributed by atoms with Crippen molar-refractivity contribution in [3.8, 4) is 0 Å². The minimum atomic E-state index is -0.229. The molecule has 5 heteroatoms. The molecule has 0 fully saturated rings. The van der Waals surface area contributed by atoms with Crippen LogP contribution in [0.5, 0.6) is 0 Å². The molecule has 0 bridgehead atoms. The molecule has 0 aromatic heterocycles. The van der Waals surface area contributed by atoms with E-state index in [1.54, 1.807) is 42.5 Å². The quantitative estimate of drug-likeness (QED) is 0.805. The average molecular weight is 331 g/mol. The Morgan fingerprint density at radius 1 is 1.04 bits per heavy atom. The van der Waals surface area contributed by atoms with E-state index in [1.807, 2.05) is 13.0 Å². The second kappa shape index (κ2) is 8.34. The molecule has 4 nitrogen and oxygen atoms in total. The van der Waals surface area contributed by atoms with Crippen LogP contribution in [0.4, 0.5) is 11.4 Å². The summed E-state index contributed by atoms with van der Waals surface area (Å²) in [4.78, 5) is 23.8. The zero-order chi connectivity index (χ0) is 16.7. The fourth-order valence-electron chi connectivity index (χ4n) is 2.04. The lowest BCUT2D eigenvalue weighted by Crippen LogP contribution is -2.13. The van der Waals surface area contributed by atoms with Gasteiger partial charge in [-0.15, -0.1) is 0 Å². The second-order valence-corrected chi connectivity index (χ2v) is 5.57. The molecule has 0 aliphatic heterocycles. The van der Waals surface area contributed by atoms with Crippen LogP contribution in [-0.2, 0) is 4.79 Å². The average Bonchev–Trinajstić information content (AvgIpc) is 2.56. The number of carbonyl (C=O) groups is 2. The van der Waals surface area contributed by atoms with Crippen molar-refractivity contribution in [2.24, 2.45) is 0 Å². The first kappa shape index (κ1) is 17.0. The molecule has 0 heterocycles. The number of anilines is 2. The highest BCUT2D eigenvalue weighted by Gasteiger charge is 2.09. The number of rotatable bonds is 6. The highest BCUT2D eigenvalue weighted by atomic mass is 35.5. The highest BCUT2D eigenvalue weighted by Crippen LogP contribution is 2.26. The van der Waals surface area contributed by atoms with E-state index in [9.17, 15) is 9.59 Å². The minimum Gasteiger partial charge on any atom is -0.326 e. The van der Waals surface area contributed by atoms with Gasteiger partial charge in [-0.1, -0.05) is 43.1 Å². The summed E-state index contributed by atoms with van der Waals surface area (Å²) >= 11 is 6.18. The predicted octanol–water partition coefficient (Wildman–Crippen LogP) is 4.72. The van der Waals surface area contributed by atoms with E-state index < -0.39 is 0 Å². The lowest BCUT2D eigenvalue weighted by molar-refractivity contribution is -0.116. The molecule has 2 amide bonds. The Kier molecular flexibility index (Phi) is 6.18. The summed E-state index contributed by atoms with van der Waals surface area (Å²) in [6.07, 6.45) is 2.31. The van der Waals surface area contributed by atoms with Crippen molar-refractivity contribution in [1.82, 2.24) is 0 Å². The van der Waals surface area contributed by atoms with Gasteiger partial charge in [0.15, 0.2) is 0 Å². The van der Waals surface area contributed by atoms with Gasteiger partial charge < -0.3 is 10.6 Å². The molecule has 0 saturated heterocycles. The summed E-state index contributed by atoms with van der Waals surface area (Å²) in [5.74, 6) is -0.267. The summed E-state index contributed by atoms with van der Waals surface area (Å²) in [5, 5.41) is 5.93. The Morgan fingerprint density at radius 2 is 1.78 bits per heavy atom. The van der Waals surface area contributed by atoms with Crippen molar-refractivity contribution in [1.29, 1.82) is 0 Å². The standard InChI is InChI=1S/C18H19ClN2O2/c1-2-3-9-17(22)20-14-10-11-16(15(19)12-14)21-18(23)13-7-5-4-6-8-13/h4-8,10-12H,2-3,9H2,1H3,(H,20,22)(H,21,23). The van der Waals surface area contributed by atoms with E-state index in [-0.39, 0.29) is 11.8 Å². The molecule has 0 aliphatic rings. The smallest absolute Gasteiger partial charge is 0.255 e. The number of amides is 2. The van der Waals surface area contributed by atoms with Crippen LogP contribution in [-0.4, -0.2) is 11.8 Å². The van der Waals surface area contributed by atoms with Crippen LogP contribution in [0.15, 0.2) is 48.5 Å².